The SMILES string of the molecule is C=CNC(=O)NCc1ccccn1. The van der Waals surface area contributed by atoms with E-state index in [1.165, 1.54) is 6.20 Å². The fraction of sp³-hybridized carbons (Fsp3) is 0.111. The number of pyridine rings is 1. The summed E-state index contributed by atoms with van der Waals surface area (Å²) in [6, 6.07) is 5.26. The maximum Gasteiger partial charge on any atom is 0.319 e. The van der Waals surface area contributed by atoms with Crippen molar-refractivity contribution in [3.63, 3.8) is 0 Å². The molecule has 1 aromatic heterocycles. The molecule has 0 aliphatic rings. The Balaban J connectivity index is 2.35. The third-order valence-electron chi connectivity index (χ3n) is 1.39. The summed E-state index contributed by atoms with van der Waals surface area (Å²) in [6.07, 6.45) is 3.01. The van der Waals surface area contributed by atoms with E-state index in [2.05, 4.69) is 22.2 Å². The third kappa shape index (κ3) is 3.37. The molecular formula is C9H11N3O. The van der Waals surface area contributed by atoms with Crippen LogP contribution >= 0.6 is 0 Å². The smallest absolute Gasteiger partial charge is 0.319 e. The molecule has 0 atom stereocenters. The van der Waals surface area contributed by atoms with Gasteiger partial charge in [-0.25, -0.2) is 4.79 Å². The van der Waals surface area contributed by atoms with Crippen LogP contribution < -0.4 is 10.6 Å². The summed E-state index contributed by atoms with van der Waals surface area (Å²) in [5.41, 5.74) is 0.821. The minimum Gasteiger partial charge on any atom is -0.332 e. The van der Waals surface area contributed by atoms with Crippen molar-refractivity contribution < 1.29 is 4.79 Å². The summed E-state index contributed by atoms with van der Waals surface area (Å²) in [7, 11) is 0. The third-order valence-corrected chi connectivity index (χ3v) is 1.39. The molecule has 0 aliphatic carbocycles. The molecule has 1 aromatic rings. The van der Waals surface area contributed by atoms with Crippen molar-refractivity contribution in [2.45, 2.75) is 6.54 Å². The zero-order chi connectivity index (χ0) is 9.52. The van der Waals surface area contributed by atoms with E-state index in [1.54, 1.807) is 6.20 Å². The first-order valence-electron chi connectivity index (χ1n) is 3.88. The molecule has 0 spiro atoms. The van der Waals surface area contributed by atoms with E-state index in [1.807, 2.05) is 18.2 Å². The van der Waals surface area contributed by atoms with E-state index in [-0.39, 0.29) is 6.03 Å². The Morgan fingerprint density at radius 2 is 2.46 bits per heavy atom. The average molecular weight is 177 g/mol. The van der Waals surface area contributed by atoms with Gasteiger partial charge in [0.25, 0.3) is 0 Å². The quantitative estimate of drug-likeness (QED) is 0.724. The minimum absolute atomic E-state index is 0.277. The van der Waals surface area contributed by atoms with Gasteiger partial charge in [0.2, 0.25) is 0 Å². The molecule has 0 saturated carbocycles. The maximum absolute atomic E-state index is 10.9. The van der Waals surface area contributed by atoms with Gasteiger partial charge in [-0.3, -0.25) is 4.98 Å². The fourth-order valence-corrected chi connectivity index (χ4v) is 0.817. The maximum atomic E-state index is 10.9. The van der Waals surface area contributed by atoms with Gasteiger partial charge in [0.15, 0.2) is 0 Å². The largest absolute Gasteiger partial charge is 0.332 e. The normalized spacial score (nSPS) is 8.92. The molecule has 0 bridgehead atoms. The Bertz CT molecular complexity index is 284. The van der Waals surface area contributed by atoms with Crippen LogP contribution in [0.1, 0.15) is 5.69 Å². The highest BCUT2D eigenvalue weighted by Gasteiger charge is 1.96. The summed E-state index contributed by atoms with van der Waals surface area (Å²) < 4.78 is 0. The molecule has 1 heterocycles. The van der Waals surface area contributed by atoms with Crippen molar-refractivity contribution in [2.75, 3.05) is 0 Å². The van der Waals surface area contributed by atoms with Crippen LogP contribution in [0.2, 0.25) is 0 Å². The van der Waals surface area contributed by atoms with Gasteiger partial charge in [0, 0.05) is 6.20 Å². The van der Waals surface area contributed by atoms with Crippen LogP contribution in [-0.2, 0) is 6.54 Å². The topological polar surface area (TPSA) is 54.0 Å². The van der Waals surface area contributed by atoms with Gasteiger partial charge in [-0.05, 0) is 18.3 Å². The minimum atomic E-state index is -0.277. The van der Waals surface area contributed by atoms with E-state index in [9.17, 15) is 4.79 Å². The number of hydrogen-bond acceptors (Lipinski definition) is 2. The van der Waals surface area contributed by atoms with Crippen molar-refractivity contribution in [3.8, 4) is 0 Å². The second kappa shape index (κ2) is 4.92. The first kappa shape index (κ1) is 9.25. The molecule has 1 rings (SSSR count). The lowest BCUT2D eigenvalue weighted by Gasteiger charge is -2.02. The van der Waals surface area contributed by atoms with E-state index >= 15 is 0 Å². The van der Waals surface area contributed by atoms with E-state index < -0.39 is 0 Å². The molecule has 2 N–H and O–H groups in total. The first-order valence-corrected chi connectivity index (χ1v) is 3.88. The van der Waals surface area contributed by atoms with Crippen LogP contribution in [0.5, 0.6) is 0 Å². The summed E-state index contributed by atoms with van der Waals surface area (Å²) in [4.78, 5) is 14.9. The average Bonchev–Trinajstić information content (AvgIpc) is 2.17. The molecule has 0 radical (unpaired) electrons. The molecule has 0 aromatic carbocycles. The fourth-order valence-electron chi connectivity index (χ4n) is 0.817. The number of rotatable bonds is 3. The van der Waals surface area contributed by atoms with Gasteiger partial charge in [-0.2, -0.15) is 0 Å². The molecular weight excluding hydrogens is 166 g/mol. The molecule has 68 valence electrons. The number of nitrogens with zero attached hydrogens (tertiary/aromatic N) is 1. The number of nitrogens with one attached hydrogen (secondary N) is 2. The van der Waals surface area contributed by atoms with Crippen LogP contribution in [0, 0.1) is 0 Å². The van der Waals surface area contributed by atoms with E-state index in [0.717, 1.165) is 5.69 Å². The molecule has 0 aliphatic heterocycles. The molecule has 4 heteroatoms. The van der Waals surface area contributed by atoms with Gasteiger partial charge in [0.1, 0.15) is 0 Å². The highest BCUT2D eigenvalue weighted by Crippen LogP contribution is 1.91. The molecule has 13 heavy (non-hydrogen) atoms. The molecule has 0 fully saturated rings. The molecule has 2 amide bonds. The number of carbonyl (C=O) groups excluding carboxylic acids is 1. The predicted octanol–water partition coefficient (Wildman–Crippen LogP) is 1.02. The lowest BCUT2D eigenvalue weighted by Crippen LogP contribution is -2.31. The second-order valence-corrected chi connectivity index (χ2v) is 2.35. The summed E-state index contributed by atoms with van der Waals surface area (Å²) in [5.74, 6) is 0. The Hall–Kier alpha value is -1.84. The number of carbonyl (C=O) groups is 1. The van der Waals surface area contributed by atoms with E-state index in [0.29, 0.717) is 6.54 Å². The summed E-state index contributed by atoms with van der Waals surface area (Å²) in [5, 5.41) is 5.02. The van der Waals surface area contributed by atoms with Gasteiger partial charge in [-0.15, -0.1) is 0 Å². The summed E-state index contributed by atoms with van der Waals surface area (Å²) >= 11 is 0. The van der Waals surface area contributed by atoms with Crippen LogP contribution in [0.15, 0.2) is 37.2 Å². The highest BCUT2D eigenvalue weighted by molar-refractivity contribution is 5.74. The lowest BCUT2D eigenvalue weighted by atomic mass is 10.3. The molecule has 4 nitrogen and oxygen atoms in total. The Morgan fingerprint density at radius 1 is 1.62 bits per heavy atom. The standard InChI is InChI=1S/C9H11N3O/c1-2-10-9(13)12-7-8-5-3-4-6-11-8/h2-6H,1,7H2,(H2,10,12,13). The van der Waals surface area contributed by atoms with Crippen molar-refractivity contribution in [1.29, 1.82) is 0 Å². The summed E-state index contributed by atoms with van der Waals surface area (Å²) in [6.45, 7) is 3.79. The number of urea groups is 1. The Labute approximate surface area is 76.7 Å². The first-order chi connectivity index (χ1) is 6.33. The second-order valence-electron chi connectivity index (χ2n) is 2.35. The molecule has 0 saturated heterocycles. The van der Waals surface area contributed by atoms with Crippen molar-refractivity contribution in [3.05, 3.63) is 42.9 Å². The lowest BCUT2D eigenvalue weighted by molar-refractivity contribution is 0.243. The van der Waals surface area contributed by atoms with Crippen LogP contribution in [0.25, 0.3) is 0 Å². The Morgan fingerprint density at radius 3 is 3.08 bits per heavy atom. The number of amides is 2. The van der Waals surface area contributed by atoms with Crippen LogP contribution in [0.3, 0.4) is 0 Å². The van der Waals surface area contributed by atoms with Gasteiger partial charge in [0.05, 0.1) is 12.2 Å². The van der Waals surface area contributed by atoms with Gasteiger partial charge >= 0.3 is 6.03 Å². The Kier molecular flexibility index (Phi) is 3.50. The van der Waals surface area contributed by atoms with Crippen molar-refractivity contribution >= 4 is 6.03 Å². The zero-order valence-corrected chi connectivity index (χ0v) is 7.16. The van der Waals surface area contributed by atoms with E-state index in [4.69, 9.17) is 0 Å². The number of hydrogen-bond donors (Lipinski definition) is 2. The van der Waals surface area contributed by atoms with Crippen LogP contribution in [-0.4, -0.2) is 11.0 Å². The van der Waals surface area contributed by atoms with Gasteiger partial charge < -0.3 is 10.6 Å². The van der Waals surface area contributed by atoms with Gasteiger partial charge in [-0.1, -0.05) is 12.6 Å². The highest BCUT2D eigenvalue weighted by atomic mass is 16.2. The monoisotopic (exact) mass is 177 g/mol. The predicted molar refractivity (Wildman–Crippen MR) is 49.8 cm³/mol. The number of aromatic nitrogens is 1. The van der Waals surface area contributed by atoms with Crippen LogP contribution in [0.4, 0.5) is 4.79 Å². The zero-order valence-electron chi connectivity index (χ0n) is 7.16. The van der Waals surface area contributed by atoms with Crippen molar-refractivity contribution in [1.82, 2.24) is 15.6 Å². The van der Waals surface area contributed by atoms with Crippen molar-refractivity contribution in [2.24, 2.45) is 0 Å². The molecule has 0 unspecified atom stereocenters.